The van der Waals surface area contributed by atoms with Crippen LogP contribution in [0, 0.1) is 5.92 Å². The third-order valence-corrected chi connectivity index (χ3v) is 4.92. The van der Waals surface area contributed by atoms with Crippen LogP contribution < -0.4 is 0 Å². The molecule has 0 unspecified atom stereocenters. The fourth-order valence-electron chi connectivity index (χ4n) is 3.56. The lowest BCUT2D eigenvalue weighted by atomic mass is 9.59. The molecule has 2 N–H and O–H groups in total. The number of hydrogen-bond acceptors (Lipinski definition) is 2. The molecule has 0 bridgehead atoms. The minimum Gasteiger partial charge on any atom is -0.390 e. The Balaban J connectivity index is 2.20. The Morgan fingerprint density at radius 1 is 1.05 bits per heavy atom. The zero-order valence-corrected chi connectivity index (χ0v) is 11.3. The number of allylic oxidation sites excluding steroid dienone is 4. The van der Waals surface area contributed by atoms with Crippen LogP contribution >= 0.6 is 0 Å². The van der Waals surface area contributed by atoms with Crippen molar-refractivity contribution >= 4 is 0 Å². The van der Waals surface area contributed by atoms with Crippen molar-refractivity contribution in [1.29, 1.82) is 0 Å². The first-order chi connectivity index (χ1) is 9.06. The molecule has 0 fully saturated rings. The second-order valence-corrected chi connectivity index (χ2v) is 5.89. The van der Waals surface area contributed by atoms with E-state index in [4.69, 9.17) is 0 Å². The largest absolute Gasteiger partial charge is 0.390 e. The highest BCUT2D eigenvalue weighted by Crippen LogP contribution is 2.48. The van der Waals surface area contributed by atoms with Crippen LogP contribution in [0.3, 0.4) is 0 Å². The van der Waals surface area contributed by atoms with Crippen LogP contribution in [0.15, 0.2) is 48.6 Å². The Morgan fingerprint density at radius 3 is 2.37 bits per heavy atom. The lowest BCUT2D eigenvalue weighted by Crippen LogP contribution is -2.54. The van der Waals surface area contributed by atoms with Crippen molar-refractivity contribution in [2.24, 2.45) is 5.92 Å². The number of hydrogen-bond donors (Lipinski definition) is 2. The van der Waals surface area contributed by atoms with Gasteiger partial charge >= 0.3 is 0 Å². The number of fused-ring (bicyclic) bond motifs is 1. The van der Waals surface area contributed by atoms with Crippen LogP contribution in [-0.2, 0) is 5.41 Å². The summed E-state index contributed by atoms with van der Waals surface area (Å²) in [4.78, 5) is 0. The van der Waals surface area contributed by atoms with Gasteiger partial charge in [0, 0.05) is 17.3 Å². The summed E-state index contributed by atoms with van der Waals surface area (Å²) in [5.41, 5.74) is 1.84. The molecule has 19 heavy (non-hydrogen) atoms. The van der Waals surface area contributed by atoms with Crippen LogP contribution in [0.5, 0.6) is 0 Å². The van der Waals surface area contributed by atoms with Crippen molar-refractivity contribution in [3.63, 3.8) is 0 Å². The zero-order valence-electron chi connectivity index (χ0n) is 11.3. The predicted molar refractivity (Wildman–Crippen MR) is 76.0 cm³/mol. The van der Waals surface area contributed by atoms with Crippen molar-refractivity contribution in [3.8, 4) is 0 Å². The van der Waals surface area contributed by atoms with Crippen LogP contribution in [-0.4, -0.2) is 22.4 Å². The molecule has 0 aromatic heterocycles. The molecule has 100 valence electrons. The van der Waals surface area contributed by atoms with Gasteiger partial charge in [-0.3, -0.25) is 0 Å². The van der Waals surface area contributed by atoms with Crippen LogP contribution in [0.2, 0.25) is 0 Å². The van der Waals surface area contributed by atoms with E-state index >= 15 is 0 Å². The Kier molecular flexibility index (Phi) is 2.88. The number of benzene rings is 1. The third-order valence-electron chi connectivity index (χ3n) is 4.92. The fraction of sp³-hybridized carbons (Fsp3) is 0.412. The highest BCUT2D eigenvalue weighted by molar-refractivity contribution is 5.45. The van der Waals surface area contributed by atoms with Gasteiger partial charge in [0.2, 0.25) is 0 Å². The predicted octanol–water partition coefficient (Wildman–Crippen LogP) is 2.53. The van der Waals surface area contributed by atoms with E-state index in [9.17, 15) is 10.2 Å². The first kappa shape index (κ1) is 12.6. The second-order valence-electron chi connectivity index (χ2n) is 5.89. The average molecular weight is 256 g/mol. The molecule has 0 heterocycles. The zero-order chi connectivity index (χ0) is 13.6. The van der Waals surface area contributed by atoms with E-state index in [0.717, 1.165) is 11.1 Å². The van der Waals surface area contributed by atoms with Crippen LogP contribution in [0.4, 0.5) is 0 Å². The maximum absolute atomic E-state index is 10.7. The van der Waals surface area contributed by atoms with Crippen molar-refractivity contribution < 1.29 is 10.2 Å². The minimum atomic E-state index is -0.755. The topological polar surface area (TPSA) is 40.5 Å². The summed E-state index contributed by atoms with van der Waals surface area (Å²) in [5.74, 6) is 0.0967. The molecule has 1 aromatic rings. The Hall–Kier alpha value is -1.38. The Bertz CT molecular complexity index is 534. The minimum absolute atomic E-state index is 0.0337. The summed E-state index contributed by atoms with van der Waals surface area (Å²) in [6, 6.07) is 8.16. The maximum Gasteiger partial charge on any atom is 0.0907 e. The molecule has 4 atom stereocenters. The normalized spacial score (nSPS) is 37.6. The summed E-state index contributed by atoms with van der Waals surface area (Å²) in [6.45, 7) is 4.03. The molecule has 2 aliphatic carbocycles. The number of aliphatic hydroxyl groups excluding tert-OH is 2. The summed E-state index contributed by atoms with van der Waals surface area (Å²) >= 11 is 0. The van der Waals surface area contributed by atoms with E-state index in [1.165, 1.54) is 0 Å². The van der Waals surface area contributed by atoms with Gasteiger partial charge in [0.05, 0.1) is 12.2 Å². The average Bonchev–Trinajstić information content (AvgIpc) is 2.97. The van der Waals surface area contributed by atoms with Crippen molar-refractivity contribution in [2.75, 3.05) is 0 Å². The highest BCUT2D eigenvalue weighted by atomic mass is 16.3. The Labute approximate surface area is 114 Å². The molecule has 3 rings (SSSR count). The summed E-state index contributed by atoms with van der Waals surface area (Å²) < 4.78 is 0. The monoisotopic (exact) mass is 256 g/mol. The van der Waals surface area contributed by atoms with Crippen molar-refractivity contribution in [1.82, 2.24) is 0 Å². The van der Waals surface area contributed by atoms with E-state index in [-0.39, 0.29) is 11.8 Å². The van der Waals surface area contributed by atoms with E-state index in [1.807, 2.05) is 31.2 Å². The smallest absolute Gasteiger partial charge is 0.0907 e. The van der Waals surface area contributed by atoms with E-state index in [1.54, 1.807) is 0 Å². The van der Waals surface area contributed by atoms with E-state index in [0.29, 0.717) is 0 Å². The molecular formula is C17H20O2. The van der Waals surface area contributed by atoms with Gasteiger partial charge in [-0.05, 0) is 11.1 Å². The highest BCUT2D eigenvalue weighted by Gasteiger charge is 2.50. The molecule has 0 radical (unpaired) electrons. The standard InChI is InChI=1S/C17H20O2/c1-11-13-9-5-6-10-14(13)17(2,16(19)15(11)18)12-7-3-4-8-12/h3-12,15-16,18-19H,1-2H3/t11-,15+,16+,17+/m0/s1. The van der Waals surface area contributed by atoms with Gasteiger partial charge in [0.15, 0.2) is 0 Å². The summed E-state index contributed by atoms with van der Waals surface area (Å²) in [7, 11) is 0. The summed E-state index contributed by atoms with van der Waals surface area (Å²) in [6.07, 6.45) is 6.74. The van der Waals surface area contributed by atoms with Gasteiger partial charge in [-0.2, -0.15) is 0 Å². The van der Waals surface area contributed by atoms with Gasteiger partial charge < -0.3 is 10.2 Å². The second kappa shape index (κ2) is 4.32. The molecule has 0 aliphatic heterocycles. The Morgan fingerprint density at radius 2 is 1.68 bits per heavy atom. The van der Waals surface area contributed by atoms with Gasteiger partial charge in [0.25, 0.3) is 0 Å². The van der Waals surface area contributed by atoms with Gasteiger partial charge in [-0.1, -0.05) is 62.4 Å². The molecule has 0 saturated heterocycles. The third kappa shape index (κ3) is 1.63. The van der Waals surface area contributed by atoms with Crippen LogP contribution in [0.25, 0.3) is 0 Å². The number of aliphatic hydroxyl groups is 2. The van der Waals surface area contributed by atoms with Gasteiger partial charge in [0.1, 0.15) is 0 Å². The van der Waals surface area contributed by atoms with E-state index in [2.05, 4.69) is 31.2 Å². The molecule has 2 heteroatoms. The fourth-order valence-corrected chi connectivity index (χ4v) is 3.56. The van der Waals surface area contributed by atoms with Gasteiger partial charge in [-0.25, -0.2) is 0 Å². The van der Waals surface area contributed by atoms with E-state index < -0.39 is 17.6 Å². The SMILES string of the molecule is C[C@H]1c2ccccc2[C@@](C)(C2C=CC=C2)[C@H](O)[C@@H]1O. The molecule has 0 spiro atoms. The molecule has 0 saturated carbocycles. The molecule has 1 aromatic carbocycles. The number of rotatable bonds is 1. The van der Waals surface area contributed by atoms with Crippen LogP contribution in [0.1, 0.15) is 30.9 Å². The lowest BCUT2D eigenvalue weighted by Gasteiger charge is -2.48. The van der Waals surface area contributed by atoms with Crippen molar-refractivity contribution in [3.05, 3.63) is 59.7 Å². The first-order valence-electron chi connectivity index (χ1n) is 6.87. The molecule has 0 amide bonds. The maximum atomic E-state index is 10.7. The van der Waals surface area contributed by atoms with Crippen molar-refractivity contribution in [2.45, 2.75) is 37.4 Å². The lowest BCUT2D eigenvalue weighted by molar-refractivity contribution is -0.0551. The van der Waals surface area contributed by atoms with Gasteiger partial charge in [-0.15, -0.1) is 0 Å². The summed E-state index contributed by atoms with van der Waals surface area (Å²) in [5, 5.41) is 21.0. The molecular weight excluding hydrogens is 236 g/mol. The molecule has 2 aliphatic rings. The quantitative estimate of drug-likeness (QED) is 0.810. The molecule has 2 nitrogen and oxygen atoms in total. The first-order valence-corrected chi connectivity index (χ1v) is 6.87.